The van der Waals surface area contributed by atoms with E-state index in [1.807, 2.05) is 0 Å². The van der Waals surface area contributed by atoms with Crippen molar-refractivity contribution in [2.24, 2.45) is 0 Å². The third kappa shape index (κ3) is 4.25. The van der Waals surface area contributed by atoms with Crippen molar-refractivity contribution < 1.29 is 22.8 Å². The average molecular weight is 406 g/mol. The van der Waals surface area contributed by atoms with Crippen LogP contribution in [0.1, 0.15) is 32.0 Å². The van der Waals surface area contributed by atoms with Crippen LogP contribution < -0.4 is 10.6 Å². The van der Waals surface area contributed by atoms with Crippen molar-refractivity contribution in [2.75, 3.05) is 12.4 Å². The Hall–Kier alpha value is -2.32. The molecule has 10 heteroatoms. The highest BCUT2D eigenvalue weighted by Crippen LogP contribution is 2.32. The average Bonchev–Trinajstić information content (AvgIpc) is 2.55. The minimum atomic E-state index is -4.63. The van der Waals surface area contributed by atoms with Crippen LogP contribution in [0.3, 0.4) is 0 Å². The molecule has 0 radical (unpaired) electrons. The van der Waals surface area contributed by atoms with Crippen molar-refractivity contribution in [1.29, 1.82) is 0 Å². The van der Waals surface area contributed by atoms with Crippen molar-refractivity contribution in [3.05, 3.63) is 56.8 Å². The Labute approximate surface area is 156 Å². The number of rotatable bonds is 3. The second-order valence-corrected chi connectivity index (χ2v) is 6.07. The van der Waals surface area contributed by atoms with Gasteiger partial charge in [0.1, 0.15) is 5.69 Å². The van der Waals surface area contributed by atoms with Crippen molar-refractivity contribution in [3.8, 4) is 0 Å². The van der Waals surface area contributed by atoms with E-state index in [9.17, 15) is 22.8 Å². The van der Waals surface area contributed by atoms with Crippen LogP contribution in [0.25, 0.3) is 0 Å². The normalized spacial score (nSPS) is 11.2. The zero-order valence-electron chi connectivity index (χ0n) is 13.5. The second-order valence-electron chi connectivity index (χ2n) is 5.23. The molecule has 0 fully saturated rings. The smallest absolute Gasteiger partial charge is 0.355 e. The van der Waals surface area contributed by atoms with Crippen molar-refractivity contribution >= 4 is 40.7 Å². The first-order chi connectivity index (χ1) is 12.0. The minimum Gasteiger partial charge on any atom is -0.355 e. The third-order valence-electron chi connectivity index (χ3n) is 3.39. The molecular weight excluding hydrogens is 394 g/mol. The number of carbonyl (C=O) groups is 2. The zero-order valence-corrected chi connectivity index (χ0v) is 15.0. The summed E-state index contributed by atoms with van der Waals surface area (Å²) in [6.45, 7) is 1.61. The van der Waals surface area contributed by atoms with Crippen LogP contribution >= 0.6 is 23.2 Å². The lowest BCUT2D eigenvalue weighted by atomic mass is 10.1. The number of hydrogen-bond acceptors (Lipinski definition) is 3. The Kier molecular flexibility index (Phi) is 5.77. The van der Waals surface area contributed by atoms with Crippen LogP contribution in [0.2, 0.25) is 10.0 Å². The van der Waals surface area contributed by atoms with Crippen molar-refractivity contribution in [1.82, 2.24) is 10.3 Å². The van der Waals surface area contributed by atoms with E-state index in [0.717, 1.165) is 0 Å². The summed E-state index contributed by atoms with van der Waals surface area (Å²) in [5, 5.41) is 4.67. The fraction of sp³-hybridized carbons (Fsp3) is 0.188. The first-order valence-electron chi connectivity index (χ1n) is 7.11. The summed E-state index contributed by atoms with van der Waals surface area (Å²) in [6.07, 6.45) is -4.13. The lowest BCUT2D eigenvalue weighted by molar-refractivity contribution is -0.137. The summed E-state index contributed by atoms with van der Waals surface area (Å²) in [7, 11) is 1.40. The van der Waals surface area contributed by atoms with Gasteiger partial charge in [0.15, 0.2) is 0 Å². The number of hydrogen-bond donors (Lipinski definition) is 2. The topological polar surface area (TPSA) is 71.1 Å². The van der Waals surface area contributed by atoms with Gasteiger partial charge in [-0.3, -0.25) is 9.59 Å². The Morgan fingerprint density at radius 1 is 1.12 bits per heavy atom. The number of pyridine rings is 1. The Morgan fingerprint density at radius 2 is 1.77 bits per heavy atom. The number of aromatic nitrogens is 1. The monoisotopic (exact) mass is 405 g/mol. The quantitative estimate of drug-likeness (QED) is 0.798. The minimum absolute atomic E-state index is 0.0916. The molecular formula is C16H12Cl2F3N3O2. The highest BCUT2D eigenvalue weighted by molar-refractivity contribution is 6.34. The van der Waals surface area contributed by atoms with Crippen LogP contribution in [-0.2, 0) is 6.18 Å². The van der Waals surface area contributed by atoms with Crippen molar-refractivity contribution in [3.63, 3.8) is 0 Å². The van der Waals surface area contributed by atoms with Crippen LogP contribution in [0.15, 0.2) is 24.4 Å². The lowest BCUT2D eigenvalue weighted by Crippen LogP contribution is -2.23. The summed E-state index contributed by atoms with van der Waals surface area (Å²) < 4.78 is 38.0. The fourth-order valence-corrected chi connectivity index (χ4v) is 2.68. The summed E-state index contributed by atoms with van der Waals surface area (Å²) in [4.78, 5) is 27.9. The first kappa shape index (κ1) is 20.0. The maximum absolute atomic E-state index is 12.7. The van der Waals surface area contributed by atoms with E-state index >= 15 is 0 Å². The standard InChI is InChI=1S/C16H12Cl2F3N3O2/c1-7-3-9(17)5-10(14(25)22-2)12(7)24-15(26)13-11(18)4-8(6-23-13)16(19,20)21/h3-6H,1-2H3,(H,22,25)(H,24,26). The summed E-state index contributed by atoms with van der Waals surface area (Å²) in [5.74, 6) is -1.36. The number of carbonyl (C=O) groups excluding carboxylic acids is 2. The van der Waals surface area contributed by atoms with Gasteiger partial charge in [-0.15, -0.1) is 0 Å². The predicted molar refractivity (Wildman–Crippen MR) is 91.8 cm³/mol. The molecule has 2 amide bonds. The fourth-order valence-electron chi connectivity index (χ4n) is 2.16. The van der Waals surface area contributed by atoms with E-state index in [-0.39, 0.29) is 16.3 Å². The van der Waals surface area contributed by atoms with Gasteiger partial charge < -0.3 is 10.6 Å². The number of alkyl halides is 3. The van der Waals surface area contributed by atoms with E-state index in [4.69, 9.17) is 23.2 Å². The maximum Gasteiger partial charge on any atom is 0.417 e. The van der Waals surface area contributed by atoms with Gasteiger partial charge in [0.2, 0.25) is 0 Å². The number of anilines is 1. The molecule has 0 aliphatic carbocycles. The molecule has 1 aromatic carbocycles. The number of amides is 2. The Morgan fingerprint density at radius 3 is 2.31 bits per heavy atom. The molecule has 26 heavy (non-hydrogen) atoms. The van der Waals surface area contributed by atoms with E-state index < -0.39 is 34.3 Å². The van der Waals surface area contributed by atoms with E-state index in [1.54, 1.807) is 6.92 Å². The van der Waals surface area contributed by atoms with Gasteiger partial charge in [0.05, 0.1) is 21.8 Å². The zero-order chi connectivity index (χ0) is 19.6. The van der Waals surface area contributed by atoms with Crippen LogP contribution in [-0.4, -0.2) is 23.8 Å². The Balaban J connectivity index is 2.41. The molecule has 2 rings (SSSR count). The largest absolute Gasteiger partial charge is 0.417 e. The number of aryl methyl sites for hydroxylation is 1. The maximum atomic E-state index is 12.7. The predicted octanol–water partition coefficient (Wildman–Crippen LogP) is 4.33. The van der Waals surface area contributed by atoms with Crippen molar-refractivity contribution in [2.45, 2.75) is 13.1 Å². The van der Waals surface area contributed by atoms with E-state index in [2.05, 4.69) is 15.6 Å². The molecule has 2 aromatic rings. The first-order valence-corrected chi connectivity index (χ1v) is 7.86. The summed E-state index contributed by atoms with van der Waals surface area (Å²) in [6, 6.07) is 3.48. The van der Waals surface area contributed by atoms with Gasteiger partial charge in [-0.2, -0.15) is 13.2 Å². The SMILES string of the molecule is CNC(=O)c1cc(Cl)cc(C)c1NC(=O)c1ncc(C(F)(F)F)cc1Cl. The van der Waals surface area contributed by atoms with Gasteiger partial charge in [-0.1, -0.05) is 23.2 Å². The molecule has 5 nitrogen and oxygen atoms in total. The van der Waals surface area contributed by atoms with E-state index in [1.165, 1.54) is 19.2 Å². The second kappa shape index (κ2) is 7.51. The lowest BCUT2D eigenvalue weighted by Gasteiger charge is -2.14. The molecule has 0 saturated heterocycles. The van der Waals surface area contributed by atoms with Gasteiger partial charge >= 0.3 is 6.18 Å². The molecule has 0 bridgehead atoms. The van der Waals surface area contributed by atoms with Crippen LogP contribution in [0.4, 0.5) is 18.9 Å². The van der Waals surface area contributed by atoms with Gasteiger partial charge in [-0.05, 0) is 30.7 Å². The summed E-state index contributed by atoms with van der Waals surface area (Å²) in [5.41, 5.74) is -0.762. The summed E-state index contributed by atoms with van der Waals surface area (Å²) >= 11 is 11.7. The molecule has 0 spiro atoms. The van der Waals surface area contributed by atoms with Gasteiger partial charge in [0.25, 0.3) is 11.8 Å². The van der Waals surface area contributed by atoms with Crippen LogP contribution in [0.5, 0.6) is 0 Å². The Bertz CT molecular complexity index is 886. The van der Waals surface area contributed by atoms with E-state index in [0.29, 0.717) is 17.8 Å². The molecule has 0 aliphatic rings. The molecule has 0 unspecified atom stereocenters. The van der Waals surface area contributed by atoms with Crippen LogP contribution in [0, 0.1) is 6.92 Å². The number of nitrogens with one attached hydrogen (secondary N) is 2. The highest BCUT2D eigenvalue weighted by Gasteiger charge is 2.32. The number of halogens is 5. The number of nitrogens with zero attached hydrogens (tertiary/aromatic N) is 1. The molecule has 0 aliphatic heterocycles. The molecule has 0 saturated carbocycles. The molecule has 0 atom stereocenters. The third-order valence-corrected chi connectivity index (χ3v) is 3.90. The molecule has 1 aromatic heterocycles. The molecule has 1 heterocycles. The number of benzene rings is 1. The van der Waals surface area contributed by atoms with Gasteiger partial charge in [0, 0.05) is 18.3 Å². The highest BCUT2D eigenvalue weighted by atomic mass is 35.5. The van der Waals surface area contributed by atoms with Gasteiger partial charge in [-0.25, -0.2) is 4.98 Å². The molecule has 2 N–H and O–H groups in total. The molecule has 138 valence electrons.